The molecule has 0 aromatic heterocycles. The zero-order valence-corrected chi connectivity index (χ0v) is 21.5. The predicted octanol–water partition coefficient (Wildman–Crippen LogP) is 10.8. The van der Waals surface area contributed by atoms with Crippen molar-refractivity contribution in [3.05, 3.63) is 163 Å². The maximum absolute atomic E-state index is 2.28. The molecule has 0 radical (unpaired) electrons. The monoisotopic (exact) mass is 497 g/mol. The number of hydrogen-bond acceptors (Lipinski definition) is 1. The van der Waals surface area contributed by atoms with E-state index in [9.17, 15) is 0 Å². The molecular weight excluding hydrogens is 470 g/mol. The van der Waals surface area contributed by atoms with Crippen LogP contribution in [0.25, 0.3) is 44.5 Å². The Hall–Kier alpha value is -5.14. The fraction of sp³-hybridized carbons (Fsp3) is 0. The van der Waals surface area contributed by atoms with Gasteiger partial charge in [0.15, 0.2) is 0 Å². The first kappa shape index (κ1) is 23.0. The highest BCUT2D eigenvalue weighted by atomic mass is 15.1. The van der Waals surface area contributed by atoms with Crippen LogP contribution in [0.1, 0.15) is 11.1 Å². The van der Waals surface area contributed by atoms with Crippen LogP contribution in [-0.2, 0) is 0 Å². The van der Waals surface area contributed by atoms with Gasteiger partial charge in [-0.2, -0.15) is 0 Å². The van der Waals surface area contributed by atoms with E-state index in [1.807, 2.05) is 0 Å². The van der Waals surface area contributed by atoms with Crippen LogP contribution < -0.4 is 4.90 Å². The molecule has 0 unspecified atom stereocenters. The molecule has 0 aliphatic heterocycles. The number of para-hydroxylation sites is 2. The highest BCUT2D eigenvalue weighted by molar-refractivity contribution is 6.24. The van der Waals surface area contributed by atoms with Crippen molar-refractivity contribution < 1.29 is 0 Å². The Bertz CT molecular complexity index is 1880. The van der Waals surface area contributed by atoms with Crippen LogP contribution in [0.5, 0.6) is 0 Å². The van der Waals surface area contributed by atoms with Gasteiger partial charge in [0.05, 0.1) is 0 Å². The molecule has 7 rings (SSSR count). The lowest BCUT2D eigenvalue weighted by Crippen LogP contribution is -2.09. The van der Waals surface area contributed by atoms with Gasteiger partial charge in [-0.05, 0) is 79.8 Å². The first-order chi connectivity index (χ1) is 19.3. The van der Waals surface area contributed by atoms with E-state index >= 15 is 0 Å². The van der Waals surface area contributed by atoms with Gasteiger partial charge in [0, 0.05) is 17.1 Å². The van der Waals surface area contributed by atoms with Crippen LogP contribution in [0, 0.1) is 0 Å². The lowest BCUT2D eigenvalue weighted by molar-refractivity contribution is 1.28. The second kappa shape index (κ2) is 9.96. The van der Waals surface area contributed by atoms with E-state index < -0.39 is 0 Å². The normalized spacial score (nSPS) is 11.9. The van der Waals surface area contributed by atoms with Crippen molar-refractivity contribution in [1.29, 1.82) is 0 Å². The Balaban J connectivity index is 1.16. The summed E-state index contributed by atoms with van der Waals surface area (Å²) in [7, 11) is 0. The molecule has 0 heterocycles. The van der Waals surface area contributed by atoms with Crippen LogP contribution in [-0.4, -0.2) is 0 Å². The Morgan fingerprint density at radius 3 is 1.59 bits per heavy atom. The number of benzene rings is 7. The summed E-state index contributed by atoms with van der Waals surface area (Å²) in [6.45, 7) is 0. The molecule has 39 heavy (non-hydrogen) atoms. The minimum atomic E-state index is 1.13. The van der Waals surface area contributed by atoms with Gasteiger partial charge in [-0.3, -0.25) is 0 Å². The van der Waals surface area contributed by atoms with Crippen LogP contribution >= 0.6 is 0 Å². The molecule has 0 N–H and O–H groups in total. The highest BCUT2D eigenvalue weighted by Crippen LogP contribution is 2.37. The summed E-state index contributed by atoms with van der Waals surface area (Å²) in [5.74, 6) is 0. The molecule has 0 atom stereocenters. The Labute approximate surface area is 228 Å². The molecular formula is C38H27N. The molecule has 7 aromatic carbocycles. The second-order valence-corrected chi connectivity index (χ2v) is 9.83. The van der Waals surface area contributed by atoms with Gasteiger partial charge in [-0.15, -0.1) is 0 Å². The van der Waals surface area contributed by atoms with Gasteiger partial charge in [0.2, 0.25) is 0 Å². The van der Waals surface area contributed by atoms with Gasteiger partial charge < -0.3 is 4.90 Å². The largest absolute Gasteiger partial charge is 0.311 e. The maximum atomic E-state index is 2.28. The average molecular weight is 498 g/mol. The topological polar surface area (TPSA) is 3.24 Å². The molecule has 0 aliphatic rings. The zero-order valence-electron chi connectivity index (χ0n) is 21.5. The van der Waals surface area contributed by atoms with E-state index in [0.29, 0.717) is 0 Å². The number of nitrogens with zero attached hydrogens (tertiary/aromatic N) is 1. The third-order valence-electron chi connectivity index (χ3n) is 7.42. The lowest BCUT2D eigenvalue weighted by Gasteiger charge is -2.25. The lowest BCUT2D eigenvalue weighted by atomic mass is 9.92. The average Bonchev–Trinajstić information content (AvgIpc) is 3.00. The van der Waals surface area contributed by atoms with Crippen molar-refractivity contribution in [2.75, 3.05) is 4.90 Å². The van der Waals surface area contributed by atoms with Gasteiger partial charge >= 0.3 is 0 Å². The molecule has 0 amide bonds. The number of allylic oxidation sites excluding steroid dienone is 2. The van der Waals surface area contributed by atoms with Gasteiger partial charge in [-0.1, -0.05) is 127 Å². The third-order valence-corrected chi connectivity index (χ3v) is 7.42. The predicted molar refractivity (Wildman–Crippen MR) is 169 cm³/mol. The summed E-state index contributed by atoms with van der Waals surface area (Å²) in [4.78, 5) is 2.28. The molecule has 0 saturated heterocycles. The van der Waals surface area contributed by atoms with Crippen molar-refractivity contribution in [2.24, 2.45) is 0 Å². The fourth-order valence-corrected chi connectivity index (χ4v) is 5.56. The van der Waals surface area contributed by atoms with Crippen LogP contribution in [0.2, 0.25) is 0 Å². The van der Waals surface area contributed by atoms with E-state index in [0.717, 1.165) is 17.1 Å². The Morgan fingerprint density at radius 2 is 0.923 bits per heavy atom. The van der Waals surface area contributed by atoms with Gasteiger partial charge in [0.25, 0.3) is 0 Å². The van der Waals surface area contributed by atoms with Crippen molar-refractivity contribution in [1.82, 2.24) is 0 Å². The molecule has 0 fully saturated rings. The van der Waals surface area contributed by atoms with E-state index in [-0.39, 0.29) is 0 Å². The molecule has 0 spiro atoms. The van der Waals surface area contributed by atoms with E-state index in [1.54, 1.807) is 0 Å². The molecule has 0 saturated carbocycles. The SMILES string of the molecule is C(C=Cc1ccc2ccc3cccc4ccc1c2c34)=Cc1ccc(N(c2ccccc2)c2ccccc2)cc1. The molecule has 7 aromatic rings. The van der Waals surface area contributed by atoms with Crippen molar-refractivity contribution in [2.45, 2.75) is 0 Å². The zero-order chi connectivity index (χ0) is 26.0. The quantitative estimate of drug-likeness (QED) is 0.163. The molecule has 1 heteroatoms. The summed E-state index contributed by atoms with van der Waals surface area (Å²) < 4.78 is 0. The molecule has 0 bridgehead atoms. The maximum Gasteiger partial charge on any atom is 0.0462 e. The van der Waals surface area contributed by atoms with E-state index in [1.165, 1.54) is 43.4 Å². The smallest absolute Gasteiger partial charge is 0.0462 e. The Kier molecular flexibility index (Phi) is 5.88. The minimum Gasteiger partial charge on any atom is -0.311 e. The van der Waals surface area contributed by atoms with Crippen LogP contribution in [0.4, 0.5) is 17.1 Å². The van der Waals surface area contributed by atoms with Crippen LogP contribution in [0.15, 0.2) is 152 Å². The summed E-state index contributed by atoms with van der Waals surface area (Å²) in [5.41, 5.74) is 5.82. The third kappa shape index (κ3) is 4.35. The van der Waals surface area contributed by atoms with Crippen molar-refractivity contribution in [3.8, 4) is 0 Å². The molecule has 184 valence electrons. The van der Waals surface area contributed by atoms with Gasteiger partial charge in [-0.25, -0.2) is 0 Å². The summed E-state index contributed by atoms with van der Waals surface area (Å²) >= 11 is 0. The minimum absolute atomic E-state index is 1.13. The Morgan fingerprint density at radius 1 is 0.385 bits per heavy atom. The standard InChI is InChI=1S/C38H27N/c1-3-14-33(15-4-1)39(34-16-5-2-6-17-34)35-25-18-28(19-26-35)10-7-8-11-29-20-21-32-23-22-30-12-9-13-31-24-27-36(29)38(32)37(30)31/h1-27H. The highest BCUT2D eigenvalue weighted by Gasteiger charge is 2.11. The van der Waals surface area contributed by atoms with Crippen LogP contribution in [0.3, 0.4) is 0 Å². The summed E-state index contributed by atoms with van der Waals surface area (Å²) in [5, 5.41) is 7.91. The molecule has 1 nitrogen and oxygen atoms in total. The molecule has 0 aliphatic carbocycles. The first-order valence-electron chi connectivity index (χ1n) is 13.4. The van der Waals surface area contributed by atoms with Crippen molar-refractivity contribution >= 4 is 61.5 Å². The van der Waals surface area contributed by atoms with E-state index in [4.69, 9.17) is 0 Å². The fourth-order valence-electron chi connectivity index (χ4n) is 5.56. The summed E-state index contributed by atoms with van der Waals surface area (Å²) in [6, 6.07) is 49.7. The first-order valence-corrected chi connectivity index (χ1v) is 13.4. The van der Waals surface area contributed by atoms with E-state index in [2.05, 4.69) is 169 Å². The van der Waals surface area contributed by atoms with Gasteiger partial charge in [0.1, 0.15) is 0 Å². The van der Waals surface area contributed by atoms with Crippen molar-refractivity contribution in [3.63, 3.8) is 0 Å². The summed E-state index contributed by atoms with van der Waals surface area (Å²) in [6.07, 6.45) is 8.63. The second-order valence-electron chi connectivity index (χ2n) is 9.83. The number of anilines is 3. The number of rotatable bonds is 6. The number of hydrogen-bond donors (Lipinski definition) is 0.